The van der Waals surface area contributed by atoms with Crippen LogP contribution in [0.25, 0.3) is 16.7 Å². The fourth-order valence-electron chi connectivity index (χ4n) is 2.89. The second-order valence-corrected chi connectivity index (χ2v) is 5.98. The number of hydrogen-bond acceptors (Lipinski definition) is 5. The molecule has 1 aromatic carbocycles. The maximum Gasteiger partial charge on any atom is 0.264 e. The number of aromatic nitrogens is 6. The maximum absolute atomic E-state index is 12.7. The molecular weight excluding hydrogens is 316 g/mol. The van der Waals surface area contributed by atoms with Gasteiger partial charge in [0.1, 0.15) is 17.5 Å². The minimum Gasteiger partial charge on any atom is -0.291 e. The first-order chi connectivity index (χ1) is 12.1. The third kappa shape index (κ3) is 2.80. The van der Waals surface area contributed by atoms with E-state index < -0.39 is 0 Å². The minimum atomic E-state index is -0.159. The van der Waals surface area contributed by atoms with E-state index in [0.29, 0.717) is 16.9 Å². The molecule has 25 heavy (non-hydrogen) atoms. The van der Waals surface area contributed by atoms with E-state index in [1.165, 1.54) is 10.9 Å². The molecule has 4 aromatic rings. The smallest absolute Gasteiger partial charge is 0.264 e. The first-order valence-electron chi connectivity index (χ1n) is 7.89. The molecule has 0 saturated carbocycles. The summed E-state index contributed by atoms with van der Waals surface area (Å²) >= 11 is 0. The molecule has 4 rings (SSSR count). The van der Waals surface area contributed by atoms with E-state index in [1.807, 2.05) is 26.0 Å². The van der Waals surface area contributed by atoms with Crippen molar-refractivity contribution in [2.75, 3.05) is 0 Å². The minimum absolute atomic E-state index is 0.159. The molecule has 0 N–H and O–H groups in total. The van der Waals surface area contributed by atoms with Crippen LogP contribution in [0.1, 0.15) is 17.0 Å². The average molecular weight is 332 g/mol. The summed E-state index contributed by atoms with van der Waals surface area (Å²) in [6, 6.07) is 7.87. The quantitative estimate of drug-likeness (QED) is 0.574. The maximum atomic E-state index is 12.7. The number of aryl methyl sites for hydroxylation is 2. The lowest BCUT2D eigenvalue weighted by Crippen LogP contribution is -2.22. The zero-order chi connectivity index (χ0) is 17.4. The predicted octanol–water partition coefficient (Wildman–Crippen LogP) is 2.04. The number of benzene rings is 1. The Morgan fingerprint density at radius 2 is 1.72 bits per heavy atom. The Labute approximate surface area is 143 Å². The van der Waals surface area contributed by atoms with Crippen molar-refractivity contribution in [2.45, 2.75) is 20.4 Å². The summed E-state index contributed by atoms with van der Waals surface area (Å²) in [5.74, 6) is 0.562. The number of hydrogen-bond donors (Lipinski definition) is 0. The van der Waals surface area contributed by atoms with Crippen LogP contribution in [0.4, 0.5) is 0 Å². The first-order valence-corrected chi connectivity index (χ1v) is 7.89. The highest BCUT2D eigenvalue weighted by atomic mass is 16.1. The number of fused-ring (bicyclic) bond motifs is 1. The SMILES string of the molecule is Cc1cc(C)cc(-n2ncc3c(=O)n(Cc4ncccn4)cnc32)c1. The van der Waals surface area contributed by atoms with E-state index >= 15 is 0 Å². The standard InChI is InChI=1S/C18H16N6O/c1-12-6-13(2)8-14(7-12)24-17-15(9-22-24)18(25)23(11-21-17)10-16-19-4-3-5-20-16/h3-9,11H,10H2,1-2H3. The van der Waals surface area contributed by atoms with Crippen LogP contribution in [0.5, 0.6) is 0 Å². The summed E-state index contributed by atoms with van der Waals surface area (Å²) in [5, 5.41) is 4.84. The van der Waals surface area contributed by atoms with Crippen molar-refractivity contribution in [1.82, 2.24) is 29.3 Å². The van der Waals surface area contributed by atoms with Crippen LogP contribution in [-0.4, -0.2) is 29.3 Å². The van der Waals surface area contributed by atoms with E-state index in [0.717, 1.165) is 16.8 Å². The first kappa shape index (κ1) is 15.2. The van der Waals surface area contributed by atoms with Crippen LogP contribution in [0.3, 0.4) is 0 Å². The second-order valence-electron chi connectivity index (χ2n) is 5.98. The van der Waals surface area contributed by atoms with Gasteiger partial charge in [-0.25, -0.2) is 19.6 Å². The highest BCUT2D eigenvalue weighted by Gasteiger charge is 2.12. The molecule has 0 aliphatic heterocycles. The molecule has 0 radical (unpaired) electrons. The summed E-state index contributed by atoms with van der Waals surface area (Å²) in [4.78, 5) is 25.5. The van der Waals surface area contributed by atoms with Gasteiger partial charge in [-0.2, -0.15) is 5.10 Å². The highest BCUT2D eigenvalue weighted by molar-refractivity contribution is 5.75. The molecule has 0 saturated heterocycles. The lowest BCUT2D eigenvalue weighted by atomic mass is 10.1. The summed E-state index contributed by atoms with van der Waals surface area (Å²) in [6.07, 6.45) is 6.38. The normalized spacial score (nSPS) is 11.1. The van der Waals surface area contributed by atoms with Gasteiger partial charge < -0.3 is 0 Å². The summed E-state index contributed by atoms with van der Waals surface area (Å²) in [7, 11) is 0. The predicted molar refractivity (Wildman–Crippen MR) is 93.7 cm³/mol. The molecule has 0 spiro atoms. The van der Waals surface area contributed by atoms with Crippen molar-refractivity contribution in [3.8, 4) is 5.69 Å². The fourth-order valence-corrected chi connectivity index (χ4v) is 2.89. The monoisotopic (exact) mass is 332 g/mol. The Hall–Kier alpha value is -3.35. The lowest BCUT2D eigenvalue weighted by Gasteiger charge is -2.07. The van der Waals surface area contributed by atoms with Gasteiger partial charge in [-0.3, -0.25) is 9.36 Å². The third-order valence-corrected chi connectivity index (χ3v) is 3.94. The van der Waals surface area contributed by atoms with E-state index in [4.69, 9.17) is 0 Å². The van der Waals surface area contributed by atoms with Crippen LogP contribution in [0.2, 0.25) is 0 Å². The van der Waals surface area contributed by atoms with Crippen molar-refractivity contribution in [3.05, 3.63) is 76.5 Å². The van der Waals surface area contributed by atoms with Gasteiger partial charge in [0.05, 0.1) is 18.4 Å². The van der Waals surface area contributed by atoms with Crippen LogP contribution in [0, 0.1) is 13.8 Å². The van der Waals surface area contributed by atoms with Gasteiger partial charge in [-0.05, 0) is 43.2 Å². The van der Waals surface area contributed by atoms with Crippen LogP contribution < -0.4 is 5.56 Å². The van der Waals surface area contributed by atoms with Gasteiger partial charge in [-0.1, -0.05) is 6.07 Å². The van der Waals surface area contributed by atoms with Gasteiger partial charge in [0.15, 0.2) is 5.65 Å². The van der Waals surface area contributed by atoms with Crippen molar-refractivity contribution in [1.29, 1.82) is 0 Å². The fraction of sp³-hybridized carbons (Fsp3) is 0.167. The largest absolute Gasteiger partial charge is 0.291 e. The van der Waals surface area contributed by atoms with E-state index in [9.17, 15) is 4.79 Å². The molecule has 3 heterocycles. The van der Waals surface area contributed by atoms with Crippen LogP contribution >= 0.6 is 0 Å². The summed E-state index contributed by atoms with van der Waals surface area (Å²) < 4.78 is 3.19. The van der Waals surface area contributed by atoms with Crippen LogP contribution in [-0.2, 0) is 6.54 Å². The topological polar surface area (TPSA) is 78.5 Å². The Bertz CT molecular complexity index is 1090. The zero-order valence-corrected chi connectivity index (χ0v) is 13.9. The molecule has 0 aliphatic rings. The lowest BCUT2D eigenvalue weighted by molar-refractivity contribution is 0.704. The molecule has 3 aromatic heterocycles. The van der Waals surface area contributed by atoms with Gasteiger partial charge in [0.25, 0.3) is 5.56 Å². The Morgan fingerprint density at radius 1 is 1.00 bits per heavy atom. The van der Waals surface area contributed by atoms with Crippen LogP contribution in [0.15, 0.2) is 54.0 Å². The van der Waals surface area contributed by atoms with E-state index in [1.54, 1.807) is 29.3 Å². The van der Waals surface area contributed by atoms with Gasteiger partial charge in [0.2, 0.25) is 0 Å². The van der Waals surface area contributed by atoms with E-state index in [-0.39, 0.29) is 12.1 Å². The summed E-state index contributed by atoms with van der Waals surface area (Å²) in [5.41, 5.74) is 3.54. The van der Waals surface area contributed by atoms with Gasteiger partial charge >= 0.3 is 0 Å². The summed E-state index contributed by atoms with van der Waals surface area (Å²) in [6.45, 7) is 4.34. The van der Waals surface area contributed by atoms with Gasteiger partial charge in [-0.15, -0.1) is 0 Å². The number of nitrogens with zero attached hydrogens (tertiary/aromatic N) is 6. The average Bonchev–Trinajstić information content (AvgIpc) is 3.02. The molecule has 7 heteroatoms. The molecule has 7 nitrogen and oxygen atoms in total. The molecular formula is C18H16N6O. The highest BCUT2D eigenvalue weighted by Crippen LogP contribution is 2.17. The Kier molecular flexibility index (Phi) is 3.61. The molecule has 0 fully saturated rings. The Morgan fingerprint density at radius 3 is 2.44 bits per heavy atom. The molecule has 0 amide bonds. The van der Waals surface area contributed by atoms with Crippen molar-refractivity contribution in [3.63, 3.8) is 0 Å². The van der Waals surface area contributed by atoms with E-state index in [2.05, 4.69) is 26.1 Å². The molecule has 0 atom stereocenters. The number of rotatable bonds is 3. The molecule has 0 unspecified atom stereocenters. The Balaban J connectivity index is 1.81. The van der Waals surface area contributed by atoms with Crippen molar-refractivity contribution < 1.29 is 0 Å². The zero-order valence-electron chi connectivity index (χ0n) is 13.9. The van der Waals surface area contributed by atoms with Gasteiger partial charge in [0, 0.05) is 12.4 Å². The molecule has 0 aliphatic carbocycles. The van der Waals surface area contributed by atoms with Crippen molar-refractivity contribution in [2.24, 2.45) is 0 Å². The van der Waals surface area contributed by atoms with Crippen molar-refractivity contribution >= 4 is 11.0 Å². The molecule has 124 valence electrons. The third-order valence-electron chi connectivity index (χ3n) is 3.94. The second kappa shape index (κ2) is 5.94. The molecule has 0 bridgehead atoms.